The van der Waals surface area contributed by atoms with Crippen molar-refractivity contribution in [2.24, 2.45) is 5.73 Å². The molecule has 1 aromatic carbocycles. The van der Waals surface area contributed by atoms with Gasteiger partial charge in [0.05, 0.1) is 10.6 Å². The van der Waals surface area contributed by atoms with E-state index in [1.54, 1.807) is 18.2 Å². The van der Waals surface area contributed by atoms with Crippen molar-refractivity contribution in [3.05, 3.63) is 28.8 Å². The number of ether oxygens (including phenoxy) is 1. The molecular formula is C11H11ClN2O. The van der Waals surface area contributed by atoms with Gasteiger partial charge in [0.2, 0.25) is 0 Å². The molecule has 4 heteroatoms. The second-order valence-corrected chi connectivity index (χ2v) is 4.13. The van der Waals surface area contributed by atoms with Crippen LogP contribution in [0.3, 0.4) is 0 Å². The number of rotatable bonds is 2. The highest BCUT2D eigenvalue weighted by Crippen LogP contribution is 2.27. The minimum Gasteiger partial charge on any atom is -0.490 e. The van der Waals surface area contributed by atoms with E-state index >= 15 is 0 Å². The van der Waals surface area contributed by atoms with Crippen LogP contribution in [0.25, 0.3) is 0 Å². The Balaban J connectivity index is 2.04. The molecule has 0 atom stereocenters. The average molecular weight is 223 g/mol. The van der Waals surface area contributed by atoms with Crippen molar-refractivity contribution in [1.82, 2.24) is 0 Å². The van der Waals surface area contributed by atoms with Crippen molar-refractivity contribution in [3.8, 4) is 11.8 Å². The van der Waals surface area contributed by atoms with E-state index < -0.39 is 0 Å². The molecule has 2 N–H and O–H groups in total. The fraction of sp³-hybridized carbons (Fsp3) is 0.364. The van der Waals surface area contributed by atoms with E-state index in [1.807, 2.05) is 6.07 Å². The lowest BCUT2D eigenvalue weighted by Gasteiger charge is -2.32. The van der Waals surface area contributed by atoms with Gasteiger partial charge in [-0.3, -0.25) is 0 Å². The molecule has 1 saturated carbocycles. The van der Waals surface area contributed by atoms with Crippen molar-refractivity contribution in [1.29, 1.82) is 5.26 Å². The Morgan fingerprint density at radius 3 is 2.73 bits per heavy atom. The van der Waals surface area contributed by atoms with Crippen LogP contribution in [0.15, 0.2) is 18.2 Å². The van der Waals surface area contributed by atoms with Crippen LogP contribution in [0.4, 0.5) is 0 Å². The zero-order valence-electron chi connectivity index (χ0n) is 8.11. The number of nitriles is 1. The number of halogens is 1. The van der Waals surface area contributed by atoms with Crippen molar-refractivity contribution in [2.75, 3.05) is 0 Å². The van der Waals surface area contributed by atoms with Gasteiger partial charge in [-0.1, -0.05) is 11.6 Å². The molecule has 1 aliphatic carbocycles. The lowest BCUT2D eigenvalue weighted by molar-refractivity contribution is 0.101. The van der Waals surface area contributed by atoms with E-state index in [2.05, 4.69) is 0 Å². The van der Waals surface area contributed by atoms with Crippen LogP contribution in [0.1, 0.15) is 18.4 Å². The largest absolute Gasteiger partial charge is 0.490 e. The molecule has 2 rings (SSSR count). The first-order valence-corrected chi connectivity index (χ1v) is 5.18. The Morgan fingerprint density at radius 1 is 1.47 bits per heavy atom. The molecule has 1 aromatic rings. The summed E-state index contributed by atoms with van der Waals surface area (Å²) in [5, 5.41) is 9.12. The molecule has 0 aromatic heterocycles. The predicted molar refractivity (Wildman–Crippen MR) is 57.8 cm³/mol. The third-order valence-corrected chi connectivity index (χ3v) is 2.81. The summed E-state index contributed by atoms with van der Waals surface area (Å²) in [7, 11) is 0. The highest BCUT2D eigenvalue weighted by molar-refractivity contribution is 6.31. The molecule has 1 aliphatic rings. The topological polar surface area (TPSA) is 59.0 Å². The van der Waals surface area contributed by atoms with E-state index in [9.17, 15) is 0 Å². The molecule has 0 saturated heterocycles. The molecule has 0 unspecified atom stereocenters. The van der Waals surface area contributed by atoms with Gasteiger partial charge >= 0.3 is 0 Å². The summed E-state index contributed by atoms with van der Waals surface area (Å²) in [6, 6.07) is 7.36. The molecule has 78 valence electrons. The molecule has 0 bridgehead atoms. The number of nitrogens with zero attached hydrogens (tertiary/aromatic N) is 1. The van der Waals surface area contributed by atoms with Crippen molar-refractivity contribution >= 4 is 11.6 Å². The molecule has 3 nitrogen and oxygen atoms in total. The molecule has 15 heavy (non-hydrogen) atoms. The predicted octanol–water partition coefficient (Wildman–Crippen LogP) is 2.08. The molecule has 0 aliphatic heterocycles. The molecule has 0 radical (unpaired) electrons. The van der Waals surface area contributed by atoms with Gasteiger partial charge in [0.1, 0.15) is 17.9 Å². The fourth-order valence-electron chi connectivity index (χ4n) is 1.55. The molecular weight excluding hydrogens is 212 g/mol. The quantitative estimate of drug-likeness (QED) is 0.834. The second kappa shape index (κ2) is 4.09. The van der Waals surface area contributed by atoms with Crippen LogP contribution in [-0.4, -0.2) is 12.1 Å². The van der Waals surface area contributed by atoms with E-state index in [4.69, 9.17) is 27.3 Å². The zero-order valence-corrected chi connectivity index (χ0v) is 8.87. The van der Waals surface area contributed by atoms with Gasteiger partial charge in [0.15, 0.2) is 0 Å². The summed E-state index contributed by atoms with van der Waals surface area (Å²) in [6.07, 6.45) is 1.97. The first-order chi connectivity index (χ1) is 7.19. The van der Waals surface area contributed by atoms with Crippen molar-refractivity contribution < 1.29 is 4.74 Å². The second-order valence-electron chi connectivity index (χ2n) is 3.72. The van der Waals surface area contributed by atoms with Gasteiger partial charge in [0, 0.05) is 12.1 Å². The maximum absolute atomic E-state index is 8.69. The van der Waals surface area contributed by atoms with Crippen molar-refractivity contribution in [3.63, 3.8) is 0 Å². The van der Waals surface area contributed by atoms with Crippen LogP contribution in [0, 0.1) is 11.3 Å². The molecule has 0 heterocycles. The Morgan fingerprint density at radius 2 is 2.20 bits per heavy atom. The first-order valence-electron chi connectivity index (χ1n) is 4.81. The standard InChI is InChI=1S/C11H11ClN2O/c12-11-5-9(2-1-7(11)6-13)15-10-3-8(14)4-10/h1-2,5,8,10H,3-4,14H2/t8-,10-. The van der Waals surface area contributed by atoms with E-state index in [-0.39, 0.29) is 12.1 Å². The van der Waals surface area contributed by atoms with Crippen LogP contribution >= 0.6 is 11.6 Å². The van der Waals surface area contributed by atoms with Crippen LogP contribution in [0.5, 0.6) is 5.75 Å². The van der Waals surface area contributed by atoms with Gasteiger partial charge in [-0.25, -0.2) is 0 Å². The maximum atomic E-state index is 8.69. The zero-order chi connectivity index (χ0) is 10.8. The number of hydrogen-bond donors (Lipinski definition) is 1. The van der Waals surface area contributed by atoms with Gasteiger partial charge in [-0.2, -0.15) is 5.26 Å². The van der Waals surface area contributed by atoms with Crippen LogP contribution in [0.2, 0.25) is 5.02 Å². The summed E-state index contributed by atoms with van der Waals surface area (Å²) >= 11 is 5.88. The number of nitrogens with two attached hydrogens (primary N) is 1. The van der Waals surface area contributed by atoms with Gasteiger partial charge in [0.25, 0.3) is 0 Å². The summed E-state index contributed by atoms with van der Waals surface area (Å²) in [5.41, 5.74) is 6.12. The van der Waals surface area contributed by atoms with E-state index in [0.717, 1.165) is 12.8 Å². The average Bonchev–Trinajstić information content (AvgIpc) is 2.16. The van der Waals surface area contributed by atoms with Gasteiger partial charge in [-0.05, 0) is 25.0 Å². The summed E-state index contributed by atoms with van der Waals surface area (Å²) in [6.45, 7) is 0. The normalized spacial score (nSPS) is 24.1. The van der Waals surface area contributed by atoms with Gasteiger partial charge < -0.3 is 10.5 Å². The van der Waals surface area contributed by atoms with Crippen molar-refractivity contribution in [2.45, 2.75) is 25.0 Å². The minimum absolute atomic E-state index is 0.198. The summed E-state index contributed by atoms with van der Waals surface area (Å²) in [4.78, 5) is 0. The Labute approximate surface area is 93.4 Å². The first kappa shape index (κ1) is 10.3. The van der Waals surface area contributed by atoms with E-state index in [1.165, 1.54) is 0 Å². The highest BCUT2D eigenvalue weighted by Gasteiger charge is 2.27. The molecule has 1 fully saturated rings. The fourth-order valence-corrected chi connectivity index (χ4v) is 1.77. The van der Waals surface area contributed by atoms with Gasteiger partial charge in [-0.15, -0.1) is 0 Å². The Bertz CT molecular complexity index is 408. The van der Waals surface area contributed by atoms with E-state index in [0.29, 0.717) is 16.3 Å². The summed E-state index contributed by atoms with van der Waals surface area (Å²) < 4.78 is 5.63. The number of hydrogen-bond acceptors (Lipinski definition) is 3. The SMILES string of the molecule is N#Cc1ccc(O[C@H]2C[C@H](N)C2)cc1Cl. The van der Waals surface area contributed by atoms with Crippen LogP contribution < -0.4 is 10.5 Å². The minimum atomic E-state index is 0.198. The monoisotopic (exact) mass is 222 g/mol. The Kier molecular flexibility index (Phi) is 2.81. The summed E-state index contributed by atoms with van der Waals surface area (Å²) in [5.74, 6) is 0.705. The van der Waals surface area contributed by atoms with Crippen LogP contribution in [-0.2, 0) is 0 Å². The number of benzene rings is 1. The smallest absolute Gasteiger partial charge is 0.121 e. The third-order valence-electron chi connectivity index (χ3n) is 2.50. The highest BCUT2D eigenvalue weighted by atomic mass is 35.5. The lowest BCUT2D eigenvalue weighted by atomic mass is 9.90. The Hall–Kier alpha value is -1.24. The molecule has 0 amide bonds. The lowest BCUT2D eigenvalue weighted by Crippen LogP contribution is -2.43. The molecule has 0 spiro atoms. The maximum Gasteiger partial charge on any atom is 0.121 e. The third kappa shape index (κ3) is 2.23.